The van der Waals surface area contributed by atoms with Gasteiger partial charge in [0, 0.05) is 18.3 Å². The van der Waals surface area contributed by atoms with E-state index in [9.17, 15) is 13.2 Å². The predicted molar refractivity (Wildman–Crippen MR) is 69.0 cm³/mol. The van der Waals surface area contributed by atoms with Gasteiger partial charge >= 0.3 is 6.18 Å². The van der Waals surface area contributed by atoms with Crippen LogP contribution in [-0.2, 0) is 12.7 Å². The highest BCUT2D eigenvalue weighted by Gasteiger charge is 2.29. The van der Waals surface area contributed by atoms with Gasteiger partial charge < -0.3 is 5.73 Å². The lowest BCUT2D eigenvalue weighted by Gasteiger charge is -2.06. The molecule has 0 radical (unpaired) electrons. The van der Waals surface area contributed by atoms with Crippen molar-refractivity contribution in [3.8, 4) is 11.1 Å². The third-order valence-electron chi connectivity index (χ3n) is 2.54. The second-order valence-electron chi connectivity index (χ2n) is 3.86. The van der Waals surface area contributed by atoms with E-state index in [1.54, 1.807) is 17.1 Å². The summed E-state index contributed by atoms with van der Waals surface area (Å²) in [4.78, 5) is 0. The SMILES string of the molecule is Cl.NCCn1cc(-c2ccc(C(F)(F)F)cc2)cn1. The third-order valence-corrected chi connectivity index (χ3v) is 2.54. The molecule has 19 heavy (non-hydrogen) atoms. The molecule has 0 unspecified atom stereocenters. The number of alkyl halides is 3. The smallest absolute Gasteiger partial charge is 0.329 e. The van der Waals surface area contributed by atoms with E-state index in [4.69, 9.17) is 5.73 Å². The predicted octanol–water partition coefficient (Wildman–Crippen LogP) is 2.95. The van der Waals surface area contributed by atoms with Crippen LogP contribution in [-0.4, -0.2) is 16.3 Å². The lowest BCUT2D eigenvalue weighted by atomic mass is 10.1. The normalized spacial score (nSPS) is 11.2. The van der Waals surface area contributed by atoms with Crippen molar-refractivity contribution in [3.63, 3.8) is 0 Å². The second kappa shape index (κ2) is 6.08. The molecule has 0 aliphatic carbocycles. The molecule has 0 spiro atoms. The highest BCUT2D eigenvalue weighted by atomic mass is 35.5. The fraction of sp³-hybridized carbons (Fsp3) is 0.250. The maximum atomic E-state index is 12.4. The summed E-state index contributed by atoms with van der Waals surface area (Å²) in [6.07, 6.45) is -0.935. The molecule has 0 saturated heterocycles. The van der Waals surface area contributed by atoms with Crippen molar-refractivity contribution in [3.05, 3.63) is 42.2 Å². The summed E-state index contributed by atoms with van der Waals surface area (Å²) in [5.41, 5.74) is 6.21. The summed E-state index contributed by atoms with van der Waals surface area (Å²) in [5.74, 6) is 0. The van der Waals surface area contributed by atoms with Crippen molar-refractivity contribution in [2.75, 3.05) is 6.54 Å². The molecular formula is C12H13ClF3N3. The lowest BCUT2D eigenvalue weighted by molar-refractivity contribution is -0.137. The number of halogens is 4. The lowest BCUT2D eigenvalue weighted by Crippen LogP contribution is -2.09. The monoisotopic (exact) mass is 291 g/mol. The summed E-state index contributed by atoms with van der Waals surface area (Å²) < 4.78 is 38.8. The van der Waals surface area contributed by atoms with E-state index in [0.717, 1.165) is 17.7 Å². The van der Waals surface area contributed by atoms with Gasteiger partial charge in [-0.15, -0.1) is 12.4 Å². The molecule has 3 nitrogen and oxygen atoms in total. The Kier molecular flexibility index (Phi) is 4.97. The van der Waals surface area contributed by atoms with Gasteiger partial charge in [-0.05, 0) is 17.7 Å². The van der Waals surface area contributed by atoms with E-state index < -0.39 is 11.7 Å². The molecule has 0 amide bonds. The molecule has 2 N–H and O–H groups in total. The highest BCUT2D eigenvalue weighted by molar-refractivity contribution is 5.85. The van der Waals surface area contributed by atoms with Gasteiger partial charge in [0.25, 0.3) is 0 Å². The van der Waals surface area contributed by atoms with Gasteiger partial charge in [-0.1, -0.05) is 12.1 Å². The first kappa shape index (κ1) is 15.5. The molecule has 2 aromatic rings. The van der Waals surface area contributed by atoms with E-state index in [0.29, 0.717) is 18.7 Å². The van der Waals surface area contributed by atoms with Crippen LogP contribution in [0.25, 0.3) is 11.1 Å². The fourth-order valence-electron chi connectivity index (χ4n) is 1.62. The first-order valence-corrected chi connectivity index (χ1v) is 5.41. The van der Waals surface area contributed by atoms with Crippen LogP contribution in [0.15, 0.2) is 36.7 Å². The molecule has 0 fully saturated rings. The van der Waals surface area contributed by atoms with Gasteiger partial charge in [0.05, 0.1) is 18.3 Å². The summed E-state index contributed by atoms with van der Waals surface area (Å²) in [7, 11) is 0. The number of aromatic nitrogens is 2. The fourth-order valence-corrected chi connectivity index (χ4v) is 1.62. The number of nitrogens with two attached hydrogens (primary N) is 1. The number of nitrogens with zero attached hydrogens (tertiary/aromatic N) is 2. The van der Waals surface area contributed by atoms with E-state index in [1.807, 2.05) is 0 Å². The summed E-state index contributed by atoms with van der Waals surface area (Å²) >= 11 is 0. The van der Waals surface area contributed by atoms with Crippen LogP contribution in [0.5, 0.6) is 0 Å². The molecule has 1 aromatic carbocycles. The molecule has 0 bridgehead atoms. The van der Waals surface area contributed by atoms with Crippen LogP contribution in [0.4, 0.5) is 13.2 Å². The van der Waals surface area contributed by atoms with Gasteiger partial charge in [-0.25, -0.2) is 0 Å². The Morgan fingerprint density at radius 3 is 2.26 bits per heavy atom. The third kappa shape index (κ3) is 3.71. The molecule has 104 valence electrons. The quantitative estimate of drug-likeness (QED) is 0.945. The molecule has 1 aromatic heterocycles. The van der Waals surface area contributed by atoms with Crippen molar-refractivity contribution in [1.29, 1.82) is 0 Å². The molecule has 0 atom stereocenters. The van der Waals surface area contributed by atoms with Crippen molar-refractivity contribution < 1.29 is 13.2 Å². The minimum Gasteiger partial charge on any atom is -0.329 e. The van der Waals surface area contributed by atoms with E-state index in [2.05, 4.69) is 5.10 Å². The minimum atomic E-state index is -4.30. The standard InChI is InChI=1S/C12H12F3N3.ClH/c13-12(14,15)11-3-1-9(2-4-11)10-7-17-18(8-10)6-5-16;/h1-4,7-8H,5-6,16H2;1H. The van der Waals surface area contributed by atoms with Crippen molar-refractivity contribution in [2.24, 2.45) is 5.73 Å². The van der Waals surface area contributed by atoms with Crippen LogP contribution in [0.1, 0.15) is 5.56 Å². The first-order valence-electron chi connectivity index (χ1n) is 5.41. The Morgan fingerprint density at radius 2 is 1.74 bits per heavy atom. The Balaban J connectivity index is 0.00000180. The Labute approximate surface area is 114 Å². The molecule has 0 saturated carbocycles. The number of rotatable bonds is 3. The van der Waals surface area contributed by atoms with Gasteiger partial charge in [0.15, 0.2) is 0 Å². The van der Waals surface area contributed by atoms with Crippen LogP contribution in [0.2, 0.25) is 0 Å². The topological polar surface area (TPSA) is 43.8 Å². The van der Waals surface area contributed by atoms with Gasteiger partial charge in [0.1, 0.15) is 0 Å². The molecule has 0 aliphatic heterocycles. The Hall–Kier alpha value is -1.53. The number of hydrogen-bond acceptors (Lipinski definition) is 2. The summed E-state index contributed by atoms with van der Waals surface area (Å²) in [5, 5.41) is 4.07. The van der Waals surface area contributed by atoms with Crippen molar-refractivity contribution in [1.82, 2.24) is 9.78 Å². The average Bonchev–Trinajstić information content (AvgIpc) is 2.77. The maximum Gasteiger partial charge on any atom is 0.416 e. The van der Waals surface area contributed by atoms with E-state index in [1.165, 1.54) is 12.1 Å². The molecular weight excluding hydrogens is 279 g/mol. The van der Waals surface area contributed by atoms with Crippen LogP contribution in [0.3, 0.4) is 0 Å². The van der Waals surface area contributed by atoms with Crippen LogP contribution >= 0.6 is 12.4 Å². The van der Waals surface area contributed by atoms with Crippen LogP contribution in [0, 0.1) is 0 Å². The minimum absolute atomic E-state index is 0. The molecule has 2 rings (SSSR count). The van der Waals surface area contributed by atoms with Gasteiger partial charge in [-0.2, -0.15) is 18.3 Å². The zero-order valence-electron chi connectivity index (χ0n) is 9.89. The highest BCUT2D eigenvalue weighted by Crippen LogP contribution is 2.30. The zero-order valence-corrected chi connectivity index (χ0v) is 10.7. The second-order valence-corrected chi connectivity index (χ2v) is 3.86. The largest absolute Gasteiger partial charge is 0.416 e. The van der Waals surface area contributed by atoms with Gasteiger partial charge in [0.2, 0.25) is 0 Å². The summed E-state index contributed by atoms with van der Waals surface area (Å²) in [6, 6.07) is 5.00. The maximum absolute atomic E-state index is 12.4. The summed E-state index contributed by atoms with van der Waals surface area (Å²) in [6.45, 7) is 1.05. The van der Waals surface area contributed by atoms with E-state index in [-0.39, 0.29) is 12.4 Å². The zero-order chi connectivity index (χ0) is 13.2. The molecule has 0 aliphatic rings. The average molecular weight is 292 g/mol. The molecule has 1 heterocycles. The number of benzene rings is 1. The van der Waals surface area contributed by atoms with Crippen LogP contribution < -0.4 is 5.73 Å². The van der Waals surface area contributed by atoms with Crippen molar-refractivity contribution >= 4 is 12.4 Å². The van der Waals surface area contributed by atoms with E-state index >= 15 is 0 Å². The molecule has 7 heteroatoms. The van der Waals surface area contributed by atoms with Gasteiger partial charge in [-0.3, -0.25) is 4.68 Å². The van der Waals surface area contributed by atoms with Crippen molar-refractivity contribution in [2.45, 2.75) is 12.7 Å². The Morgan fingerprint density at radius 1 is 1.11 bits per heavy atom. The number of hydrogen-bond donors (Lipinski definition) is 1. The first-order chi connectivity index (χ1) is 8.50. The Bertz CT molecular complexity index is 520.